The summed E-state index contributed by atoms with van der Waals surface area (Å²) in [5.74, 6) is -0.255. The monoisotopic (exact) mass is 269 g/mol. The van der Waals surface area contributed by atoms with Crippen molar-refractivity contribution in [2.24, 2.45) is 5.92 Å². The number of esters is 1. The number of hydrogen-bond acceptors (Lipinski definition) is 3. The lowest BCUT2D eigenvalue weighted by atomic mass is 10.2. The van der Waals surface area contributed by atoms with E-state index in [0.717, 1.165) is 25.7 Å². The van der Waals surface area contributed by atoms with Crippen LogP contribution in [-0.2, 0) is 14.3 Å². The van der Waals surface area contributed by atoms with E-state index in [1.807, 2.05) is 13.8 Å². The number of ether oxygens (including phenoxy) is 1. The third-order valence-corrected chi connectivity index (χ3v) is 2.67. The Labute approximate surface area is 116 Å². The van der Waals surface area contributed by atoms with Crippen LogP contribution in [0.2, 0.25) is 0 Å². The van der Waals surface area contributed by atoms with Crippen LogP contribution in [0.5, 0.6) is 0 Å². The highest BCUT2D eigenvalue weighted by Crippen LogP contribution is 2.03. The fourth-order valence-corrected chi connectivity index (χ4v) is 1.59. The lowest BCUT2D eigenvalue weighted by Crippen LogP contribution is -2.36. The van der Waals surface area contributed by atoms with Crippen LogP contribution < -0.4 is 0 Å². The van der Waals surface area contributed by atoms with Gasteiger partial charge in [0.1, 0.15) is 6.54 Å². The van der Waals surface area contributed by atoms with E-state index < -0.39 is 0 Å². The average molecular weight is 269 g/mol. The maximum Gasteiger partial charge on any atom is 0.325 e. The predicted octanol–water partition coefficient (Wildman–Crippen LogP) is 2.78. The first-order chi connectivity index (χ1) is 9.01. The molecule has 0 aliphatic rings. The number of carbonyl (C=O) groups is 2. The summed E-state index contributed by atoms with van der Waals surface area (Å²) in [6.07, 6.45) is 5.51. The molecule has 110 valence electrons. The van der Waals surface area contributed by atoms with Gasteiger partial charge in [0.25, 0.3) is 0 Å². The fraction of sp³-hybridized carbons (Fsp3) is 0.733. The van der Waals surface area contributed by atoms with Crippen molar-refractivity contribution in [2.45, 2.75) is 46.5 Å². The van der Waals surface area contributed by atoms with Crippen molar-refractivity contribution in [2.75, 3.05) is 19.7 Å². The molecule has 0 unspecified atom stereocenters. The lowest BCUT2D eigenvalue weighted by molar-refractivity contribution is -0.149. The highest BCUT2D eigenvalue weighted by Gasteiger charge is 2.15. The van der Waals surface area contributed by atoms with Gasteiger partial charge in [-0.25, -0.2) is 0 Å². The lowest BCUT2D eigenvalue weighted by Gasteiger charge is -2.20. The zero-order valence-electron chi connectivity index (χ0n) is 12.5. The van der Waals surface area contributed by atoms with Gasteiger partial charge < -0.3 is 9.64 Å². The molecule has 0 saturated carbocycles. The second kappa shape index (κ2) is 10.6. The summed E-state index contributed by atoms with van der Waals surface area (Å²) in [4.78, 5) is 24.8. The Bertz CT molecular complexity index is 287. The summed E-state index contributed by atoms with van der Waals surface area (Å²) in [5.41, 5.74) is 0. The van der Waals surface area contributed by atoms with Crippen LogP contribution in [0.1, 0.15) is 46.5 Å². The number of hydrogen-bond donors (Lipinski definition) is 0. The number of amides is 1. The third-order valence-electron chi connectivity index (χ3n) is 2.67. The molecule has 4 heteroatoms. The zero-order chi connectivity index (χ0) is 14.7. The molecule has 1 amide bonds. The van der Waals surface area contributed by atoms with Gasteiger partial charge in [0.2, 0.25) is 5.91 Å². The molecule has 0 aromatic heterocycles. The van der Waals surface area contributed by atoms with Crippen LogP contribution in [0.3, 0.4) is 0 Å². The number of unbranched alkanes of at least 4 members (excludes halogenated alkanes) is 3. The van der Waals surface area contributed by atoms with Gasteiger partial charge in [-0.3, -0.25) is 9.59 Å². The quantitative estimate of drug-likeness (QED) is 0.348. The summed E-state index contributed by atoms with van der Waals surface area (Å²) in [5, 5.41) is 0. The van der Waals surface area contributed by atoms with Crippen molar-refractivity contribution < 1.29 is 14.3 Å². The Hall–Kier alpha value is -1.32. The van der Waals surface area contributed by atoms with Crippen LogP contribution in [-0.4, -0.2) is 36.5 Å². The molecular weight excluding hydrogens is 242 g/mol. The molecule has 0 saturated heterocycles. The van der Waals surface area contributed by atoms with E-state index in [4.69, 9.17) is 4.74 Å². The normalized spacial score (nSPS) is 10.3. The maximum absolute atomic E-state index is 11.6. The zero-order valence-corrected chi connectivity index (χ0v) is 12.5. The summed E-state index contributed by atoms with van der Waals surface area (Å²) >= 11 is 0. The van der Waals surface area contributed by atoms with Crippen molar-refractivity contribution in [3.05, 3.63) is 12.7 Å². The molecule has 19 heavy (non-hydrogen) atoms. The van der Waals surface area contributed by atoms with Crippen LogP contribution in [0, 0.1) is 5.92 Å². The van der Waals surface area contributed by atoms with E-state index in [-0.39, 0.29) is 18.4 Å². The summed E-state index contributed by atoms with van der Waals surface area (Å²) in [6, 6.07) is 0. The second-order valence-corrected chi connectivity index (χ2v) is 5.10. The average Bonchev–Trinajstić information content (AvgIpc) is 2.39. The van der Waals surface area contributed by atoms with Gasteiger partial charge in [-0.1, -0.05) is 46.6 Å². The minimum atomic E-state index is -0.348. The van der Waals surface area contributed by atoms with Crippen molar-refractivity contribution in [3.63, 3.8) is 0 Å². The third kappa shape index (κ3) is 9.28. The van der Waals surface area contributed by atoms with Gasteiger partial charge in [-0.05, 0) is 18.4 Å². The van der Waals surface area contributed by atoms with Gasteiger partial charge >= 0.3 is 5.97 Å². The summed E-state index contributed by atoms with van der Waals surface area (Å²) < 4.78 is 5.09. The van der Waals surface area contributed by atoms with Crippen molar-refractivity contribution in [1.29, 1.82) is 0 Å². The van der Waals surface area contributed by atoms with Crippen molar-refractivity contribution in [1.82, 2.24) is 4.90 Å². The fourth-order valence-electron chi connectivity index (χ4n) is 1.59. The minimum absolute atomic E-state index is 0.0176. The van der Waals surface area contributed by atoms with Crippen LogP contribution in [0.15, 0.2) is 12.7 Å². The molecule has 0 atom stereocenters. The largest absolute Gasteiger partial charge is 0.464 e. The molecule has 0 rings (SSSR count). The molecule has 0 aliphatic heterocycles. The number of rotatable bonds is 10. The van der Waals surface area contributed by atoms with Gasteiger partial charge in [-0.15, -0.1) is 0 Å². The predicted molar refractivity (Wildman–Crippen MR) is 76.7 cm³/mol. The molecule has 0 spiro atoms. The molecule has 0 aromatic carbocycles. The van der Waals surface area contributed by atoms with Crippen LogP contribution in [0.25, 0.3) is 0 Å². The first kappa shape index (κ1) is 17.7. The maximum atomic E-state index is 11.6. The van der Waals surface area contributed by atoms with E-state index in [2.05, 4.69) is 13.5 Å². The topological polar surface area (TPSA) is 46.6 Å². The Morgan fingerprint density at radius 2 is 1.95 bits per heavy atom. The van der Waals surface area contributed by atoms with Gasteiger partial charge in [0.15, 0.2) is 0 Å². The highest BCUT2D eigenvalue weighted by atomic mass is 16.5. The molecule has 0 aliphatic carbocycles. The highest BCUT2D eigenvalue weighted by molar-refractivity contribution is 5.89. The SMILES string of the molecule is C=CC(=O)N(CCCCCC)CC(=O)OCC(C)C. The molecule has 0 N–H and O–H groups in total. The smallest absolute Gasteiger partial charge is 0.325 e. The molecule has 4 nitrogen and oxygen atoms in total. The van der Waals surface area contributed by atoms with Gasteiger partial charge in [0.05, 0.1) is 6.61 Å². The first-order valence-corrected chi connectivity index (χ1v) is 7.08. The van der Waals surface area contributed by atoms with Crippen molar-refractivity contribution in [3.8, 4) is 0 Å². The molecule has 0 bridgehead atoms. The molecule has 0 heterocycles. The molecule has 0 fully saturated rings. The molecular formula is C15H27NO3. The van der Waals surface area contributed by atoms with E-state index in [1.165, 1.54) is 11.0 Å². The van der Waals surface area contributed by atoms with Crippen LogP contribution >= 0.6 is 0 Å². The van der Waals surface area contributed by atoms with E-state index in [0.29, 0.717) is 19.1 Å². The number of carbonyl (C=O) groups excluding carboxylic acids is 2. The minimum Gasteiger partial charge on any atom is -0.464 e. The Balaban J connectivity index is 4.15. The summed E-state index contributed by atoms with van der Waals surface area (Å²) in [6.45, 7) is 10.5. The number of nitrogens with zero attached hydrogens (tertiary/aromatic N) is 1. The second-order valence-electron chi connectivity index (χ2n) is 5.10. The van der Waals surface area contributed by atoms with Crippen molar-refractivity contribution >= 4 is 11.9 Å². The first-order valence-electron chi connectivity index (χ1n) is 7.08. The Morgan fingerprint density at radius 1 is 1.26 bits per heavy atom. The van der Waals surface area contributed by atoms with E-state index >= 15 is 0 Å². The Kier molecular flexibility index (Phi) is 9.85. The van der Waals surface area contributed by atoms with Gasteiger partial charge in [0, 0.05) is 6.54 Å². The van der Waals surface area contributed by atoms with E-state index in [9.17, 15) is 9.59 Å². The molecule has 0 aromatic rings. The molecule has 0 radical (unpaired) electrons. The van der Waals surface area contributed by atoms with Crippen LogP contribution in [0.4, 0.5) is 0 Å². The van der Waals surface area contributed by atoms with Gasteiger partial charge in [-0.2, -0.15) is 0 Å². The van der Waals surface area contributed by atoms with E-state index in [1.54, 1.807) is 0 Å². The summed E-state index contributed by atoms with van der Waals surface area (Å²) in [7, 11) is 0. The Morgan fingerprint density at radius 3 is 2.47 bits per heavy atom. The standard InChI is InChI=1S/C15H27NO3/c1-5-7-8-9-10-16(14(17)6-2)11-15(18)19-12-13(3)4/h6,13H,2,5,7-12H2,1,3-4H3.